The van der Waals surface area contributed by atoms with E-state index in [4.69, 9.17) is 4.74 Å². The molecule has 1 atom stereocenters. The molecule has 1 heterocycles. The van der Waals surface area contributed by atoms with Crippen LogP contribution in [0.25, 0.3) is 0 Å². The maximum absolute atomic E-state index is 12.6. The molecular weight excluding hydrogens is 479 g/mol. The van der Waals surface area contributed by atoms with Crippen molar-refractivity contribution in [2.24, 2.45) is 10.9 Å². The fraction of sp³-hybridized carbons (Fsp3) is 0.636. The Labute approximate surface area is 191 Å². The lowest BCUT2D eigenvalue weighted by atomic mass is 10.1. The molecule has 0 radical (unpaired) electrons. The first-order valence-electron chi connectivity index (χ1n) is 10.6. The summed E-state index contributed by atoms with van der Waals surface area (Å²) < 4.78 is 5.76. The molecule has 0 spiro atoms. The first kappa shape index (κ1) is 23.8. The zero-order chi connectivity index (χ0) is 19.9. The van der Waals surface area contributed by atoms with Crippen LogP contribution in [0.3, 0.4) is 0 Å². The van der Waals surface area contributed by atoms with Gasteiger partial charge in [0.05, 0.1) is 6.10 Å². The van der Waals surface area contributed by atoms with Crippen LogP contribution < -0.4 is 15.4 Å². The van der Waals surface area contributed by atoms with E-state index in [0.717, 1.165) is 49.6 Å². The Bertz CT molecular complexity index is 689. The van der Waals surface area contributed by atoms with Crippen molar-refractivity contribution in [1.82, 2.24) is 15.5 Å². The van der Waals surface area contributed by atoms with Crippen LogP contribution in [0.15, 0.2) is 29.3 Å². The number of benzene rings is 1. The lowest BCUT2D eigenvalue weighted by Gasteiger charge is -2.21. The fourth-order valence-corrected chi connectivity index (χ4v) is 4.08. The average molecular weight is 514 g/mol. The van der Waals surface area contributed by atoms with Crippen LogP contribution >= 0.6 is 24.0 Å². The number of halogens is 1. The van der Waals surface area contributed by atoms with Crippen molar-refractivity contribution < 1.29 is 9.53 Å². The molecule has 2 N–H and O–H groups in total. The molecule has 0 aromatic heterocycles. The van der Waals surface area contributed by atoms with E-state index < -0.39 is 0 Å². The van der Waals surface area contributed by atoms with Gasteiger partial charge in [-0.3, -0.25) is 9.79 Å². The predicted octanol–water partition coefficient (Wildman–Crippen LogP) is 3.55. The van der Waals surface area contributed by atoms with Crippen molar-refractivity contribution in [1.29, 1.82) is 0 Å². The SMILES string of the molecule is CN=C(NCc1cccc(OC(C)C)c1)NC1CCN(C(=O)C2CCCC2)C1.I. The van der Waals surface area contributed by atoms with Gasteiger partial charge in [0.2, 0.25) is 5.91 Å². The van der Waals surface area contributed by atoms with Crippen molar-refractivity contribution in [3.05, 3.63) is 29.8 Å². The summed E-state index contributed by atoms with van der Waals surface area (Å²) in [6, 6.07) is 8.37. The van der Waals surface area contributed by atoms with Crippen molar-refractivity contribution >= 4 is 35.8 Å². The summed E-state index contributed by atoms with van der Waals surface area (Å²) in [6.45, 7) is 6.34. The minimum absolute atomic E-state index is 0. The molecule has 1 aromatic carbocycles. The molecule has 1 aliphatic heterocycles. The summed E-state index contributed by atoms with van der Waals surface area (Å²) in [6.07, 6.45) is 5.66. The number of rotatable bonds is 6. The molecule has 1 amide bonds. The fourth-order valence-electron chi connectivity index (χ4n) is 4.08. The number of nitrogens with zero attached hydrogens (tertiary/aromatic N) is 2. The van der Waals surface area contributed by atoms with E-state index in [1.807, 2.05) is 30.9 Å². The molecule has 1 unspecified atom stereocenters. The lowest BCUT2D eigenvalue weighted by molar-refractivity contribution is -0.134. The second-order valence-corrected chi connectivity index (χ2v) is 8.14. The first-order valence-corrected chi connectivity index (χ1v) is 10.6. The standard InChI is InChI=1S/C22H34N4O2.HI/c1-16(2)28-20-10-6-7-17(13-20)14-24-22(23-3)25-19-11-12-26(15-19)21(27)18-8-4-5-9-18;/h6-7,10,13,16,18-19H,4-5,8-9,11-12,14-15H2,1-3H3,(H2,23,24,25);1H. The Morgan fingerprint density at radius 1 is 1.28 bits per heavy atom. The number of hydrogen-bond acceptors (Lipinski definition) is 3. The van der Waals surface area contributed by atoms with Crippen molar-refractivity contribution in [3.8, 4) is 5.75 Å². The van der Waals surface area contributed by atoms with Crippen LogP contribution in [0.5, 0.6) is 5.75 Å². The number of nitrogens with one attached hydrogen (secondary N) is 2. The van der Waals surface area contributed by atoms with Crippen LogP contribution in [0, 0.1) is 5.92 Å². The van der Waals surface area contributed by atoms with E-state index in [1.54, 1.807) is 7.05 Å². The average Bonchev–Trinajstić information content (AvgIpc) is 3.36. The van der Waals surface area contributed by atoms with Crippen LogP contribution in [0.4, 0.5) is 0 Å². The maximum Gasteiger partial charge on any atom is 0.225 e. The van der Waals surface area contributed by atoms with E-state index in [1.165, 1.54) is 12.8 Å². The largest absolute Gasteiger partial charge is 0.491 e. The Hall–Kier alpha value is -1.51. The highest BCUT2D eigenvalue weighted by Gasteiger charge is 2.32. The van der Waals surface area contributed by atoms with Gasteiger partial charge in [0.15, 0.2) is 5.96 Å². The molecule has 7 heteroatoms. The summed E-state index contributed by atoms with van der Waals surface area (Å²) >= 11 is 0. The van der Waals surface area contributed by atoms with Gasteiger partial charge in [-0.15, -0.1) is 24.0 Å². The summed E-state index contributed by atoms with van der Waals surface area (Å²) in [4.78, 5) is 19.0. The highest BCUT2D eigenvalue weighted by Crippen LogP contribution is 2.27. The molecule has 162 valence electrons. The van der Waals surface area contributed by atoms with Gasteiger partial charge in [0.1, 0.15) is 5.75 Å². The molecule has 3 rings (SSSR count). The van der Waals surface area contributed by atoms with Crippen LogP contribution in [-0.4, -0.2) is 49.0 Å². The van der Waals surface area contributed by atoms with Crippen molar-refractivity contribution in [2.75, 3.05) is 20.1 Å². The molecule has 2 fully saturated rings. The second kappa shape index (κ2) is 11.6. The molecule has 0 bridgehead atoms. The quantitative estimate of drug-likeness (QED) is 0.346. The van der Waals surface area contributed by atoms with E-state index in [0.29, 0.717) is 12.5 Å². The van der Waals surface area contributed by atoms with Crippen molar-refractivity contribution in [2.45, 2.75) is 64.6 Å². The number of hydrogen-bond donors (Lipinski definition) is 2. The third-order valence-electron chi connectivity index (χ3n) is 5.50. The zero-order valence-electron chi connectivity index (χ0n) is 17.8. The van der Waals surface area contributed by atoms with Gasteiger partial charge in [0.25, 0.3) is 0 Å². The van der Waals surface area contributed by atoms with E-state index in [9.17, 15) is 4.79 Å². The second-order valence-electron chi connectivity index (χ2n) is 8.14. The number of guanidine groups is 1. The Morgan fingerprint density at radius 2 is 2.03 bits per heavy atom. The summed E-state index contributed by atoms with van der Waals surface area (Å²) in [5.41, 5.74) is 1.14. The molecule has 1 saturated heterocycles. The Kier molecular flexibility index (Phi) is 9.52. The molecule has 2 aliphatic rings. The summed E-state index contributed by atoms with van der Waals surface area (Å²) in [5.74, 6) is 2.27. The van der Waals surface area contributed by atoms with Gasteiger partial charge in [0, 0.05) is 38.6 Å². The highest BCUT2D eigenvalue weighted by molar-refractivity contribution is 14.0. The van der Waals surface area contributed by atoms with Crippen LogP contribution in [0.1, 0.15) is 51.5 Å². The Morgan fingerprint density at radius 3 is 2.72 bits per heavy atom. The predicted molar refractivity (Wildman–Crippen MR) is 128 cm³/mol. The van der Waals surface area contributed by atoms with Crippen LogP contribution in [0.2, 0.25) is 0 Å². The monoisotopic (exact) mass is 514 g/mol. The number of likely N-dealkylation sites (tertiary alicyclic amines) is 1. The van der Waals surface area contributed by atoms with Gasteiger partial charge in [-0.25, -0.2) is 0 Å². The number of carbonyl (C=O) groups excluding carboxylic acids is 1. The molecule has 1 aliphatic carbocycles. The molecule has 1 saturated carbocycles. The Balaban J connectivity index is 0.00000300. The topological polar surface area (TPSA) is 66.0 Å². The summed E-state index contributed by atoms with van der Waals surface area (Å²) in [7, 11) is 1.78. The third kappa shape index (κ3) is 7.04. The molecular formula is C22H35IN4O2. The van der Waals surface area contributed by atoms with Gasteiger partial charge < -0.3 is 20.3 Å². The zero-order valence-corrected chi connectivity index (χ0v) is 20.1. The molecule has 1 aromatic rings. The number of carbonyl (C=O) groups is 1. The number of ether oxygens (including phenoxy) is 1. The van der Waals surface area contributed by atoms with Crippen LogP contribution in [-0.2, 0) is 11.3 Å². The maximum atomic E-state index is 12.6. The summed E-state index contributed by atoms with van der Waals surface area (Å²) in [5, 5.41) is 6.84. The third-order valence-corrected chi connectivity index (χ3v) is 5.50. The highest BCUT2D eigenvalue weighted by atomic mass is 127. The minimum Gasteiger partial charge on any atom is -0.491 e. The van der Waals surface area contributed by atoms with E-state index >= 15 is 0 Å². The van der Waals surface area contributed by atoms with Gasteiger partial charge in [-0.2, -0.15) is 0 Å². The normalized spacial score (nSPS) is 19.9. The van der Waals surface area contributed by atoms with Crippen molar-refractivity contribution in [3.63, 3.8) is 0 Å². The molecule has 29 heavy (non-hydrogen) atoms. The van der Waals surface area contributed by atoms with E-state index in [-0.39, 0.29) is 42.0 Å². The number of aliphatic imine (C=N–C) groups is 1. The van der Waals surface area contributed by atoms with E-state index in [2.05, 4.69) is 27.8 Å². The lowest BCUT2D eigenvalue weighted by Crippen LogP contribution is -2.45. The number of amides is 1. The first-order chi connectivity index (χ1) is 13.5. The minimum atomic E-state index is 0. The van der Waals surface area contributed by atoms with Gasteiger partial charge in [-0.1, -0.05) is 25.0 Å². The molecule has 6 nitrogen and oxygen atoms in total. The smallest absolute Gasteiger partial charge is 0.225 e. The van der Waals surface area contributed by atoms with Gasteiger partial charge in [-0.05, 0) is 50.8 Å². The van der Waals surface area contributed by atoms with Gasteiger partial charge >= 0.3 is 0 Å².